The molecule has 4 saturated carbocycles. The summed E-state index contributed by atoms with van der Waals surface area (Å²) >= 11 is 0. The topological polar surface area (TPSA) is 107 Å². The maximum atomic E-state index is 15.6. The van der Waals surface area contributed by atoms with Gasteiger partial charge in [-0.05, 0) is 98.3 Å². The Morgan fingerprint density at radius 1 is 0.956 bits per heavy atom. The summed E-state index contributed by atoms with van der Waals surface area (Å²) in [5, 5.41) is 11.2. The molecule has 1 aromatic carbocycles. The number of carbonyl (C=O) groups is 4. The van der Waals surface area contributed by atoms with Crippen molar-refractivity contribution in [3.05, 3.63) is 59.2 Å². The van der Waals surface area contributed by atoms with Gasteiger partial charge in [-0.15, -0.1) is 0 Å². The molecular weight excluding hydrogens is 568 g/mol. The molecule has 45 heavy (non-hydrogen) atoms. The molecule has 0 radical (unpaired) electrons. The van der Waals surface area contributed by atoms with Gasteiger partial charge in [0.1, 0.15) is 11.7 Å². The lowest BCUT2D eigenvalue weighted by Gasteiger charge is -2.61. The van der Waals surface area contributed by atoms with Crippen LogP contribution >= 0.6 is 0 Å². The number of allylic oxidation sites excluding steroid dienone is 4. The van der Waals surface area contributed by atoms with Crippen molar-refractivity contribution in [3.8, 4) is 0 Å². The first kappa shape index (κ1) is 33.6. The Morgan fingerprint density at radius 2 is 1.60 bits per heavy atom. The summed E-state index contributed by atoms with van der Waals surface area (Å²) in [5.41, 5.74) is -6.59. The summed E-state index contributed by atoms with van der Waals surface area (Å²) in [6, 6.07) is 8.54. The number of aliphatic hydroxyl groups is 1. The summed E-state index contributed by atoms with van der Waals surface area (Å²) in [7, 11) is 0. The zero-order chi connectivity index (χ0) is 33.4. The van der Waals surface area contributed by atoms with E-state index in [1.54, 1.807) is 58.0 Å². The Morgan fingerprint density at radius 3 is 2.20 bits per heavy atom. The van der Waals surface area contributed by atoms with Crippen molar-refractivity contribution in [2.24, 2.45) is 33.5 Å². The molecule has 1 aromatic rings. The molecule has 1 N–H and O–H groups in total. The third kappa shape index (κ3) is 4.71. The standard InChI is InChI=1S/C38H50O7/c1-23(2)14-13-15-24(3)18-19-36-21-26-20-27-35(8,9)45-44-28(34(6,7)43)22-37(27,30(36)40)32(42)38(31(36)41,33(26,4)5)29(39)25-16-11-10-12-17-25/h10-12,14,16-18,26-28,43H,13,15,19-22H2,1-9H3/b24-18+/t26-,27+,28-,36-,37+,38-/m0/s1. The highest BCUT2D eigenvalue weighted by molar-refractivity contribution is 6.42. The first-order chi connectivity index (χ1) is 20.8. The third-order valence-electron chi connectivity index (χ3n) is 11.8. The van der Waals surface area contributed by atoms with Crippen molar-refractivity contribution >= 4 is 23.1 Å². The van der Waals surface area contributed by atoms with E-state index in [1.807, 2.05) is 26.8 Å². The first-order valence-corrected chi connectivity index (χ1v) is 16.4. The predicted octanol–water partition coefficient (Wildman–Crippen LogP) is 6.97. The summed E-state index contributed by atoms with van der Waals surface area (Å²) in [6.45, 7) is 16.6. The smallest absolute Gasteiger partial charge is 0.184 e. The van der Waals surface area contributed by atoms with Crippen LogP contribution in [0.2, 0.25) is 0 Å². The Hall–Kier alpha value is -2.74. The van der Waals surface area contributed by atoms with Gasteiger partial charge >= 0.3 is 0 Å². The Labute approximate surface area is 267 Å². The van der Waals surface area contributed by atoms with Crippen LogP contribution in [0.3, 0.4) is 0 Å². The number of hydrogen-bond donors (Lipinski definition) is 1. The van der Waals surface area contributed by atoms with Crippen LogP contribution in [-0.4, -0.2) is 45.5 Å². The van der Waals surface area contributed by atoms with Crippen molar-refractivity contribution < 1.29 is 34.1 Å². The summed E-state index contributed by atoms with van der Waals surface area (Å²) < 4.78 is 0. The average molecular weight is 619 g/mol. The van der Waals surface area contributed by atoms with Crippen molar-refractivity contribution in [1.29, 1.82) is 0 Å². The SMILES string of the molecule is CC(C)=CCC/C(C)=C/C[C@]12C[C@@H]3C[C@@H]4C(C)(C)OO[C@H](C(C)(C)O)C[C@@]4(C1=O)C(=O)[C@](C(=O)c1ccccc1)(C2=O)C3(C)C. The largest absolute Gasteiger partial charge is 0.388 e. The molecule has 1 saturated heterocycles. The van der Waals surface area contributed by atoms with Gasteiger partial charge in [0.25, 0.3) is 0 Å². The van der Waals surface area contributed by atoms with Crippen LogP contribution in [0, 0.1) is 33.5 Å². The quantitative estimate of drug-likeness (QED) is 0.145. The van der Waals surface area contributed by atoms with Crippen LogP contribution in [0.15, 0.2) is 53.6 Å². The van der Waals surface area contributed by atoms with E-state index in [2.05, 4.69) is 19.9 Å². The van der Waals surface area contributed by atoms with Crippen molar-refractivity contribution in [2.45, 2.75) is 118 Å². The van der Waals surface area contributed by atoms with E-state index in [-0.39, 0.29) is 30.7 Å². The molecule has 0 amide bonds. The Bertz CT molecular complexity index is 1470. The molecule has 0 aromatic heterocycles. The molecule has 7 nitrogen and oxygen atoms in total. The molecule has 4 aliphatic carbocycles. The maximum absolute atomic E-state index is 15.6. The molecular formula is C38H50O7. The molecule has 244 valence electrons. The van der Waals surface area contributed by atoms with Crippen LogP contribution in [0.4, 0.5) is 0 Å². The molecule has 1 spiro atoms. The van der Waals surface area contributed by atoms with Crippen molar-refractivity contribution in [2.75, 3.05) is 0 Å². The van der Waals surface area contributed by atoms with E-state index in [9.17, 15) is 9.90 Å². The summed E-state index contributed by atoms with van der Waals surface area (Å²) in [6.07, 6.45) is 5.31. The highest BCUT2D eigenvalue weighted by Crippen LogP contribution is 2.73. The van der Waals surface area contributed by atoms with Gasteiger partial charge in [0.2, 0.25) is 0 Å². The number of carbonyl (C=O) groups excluding carboxylic acids is 4. The van der Waals surface area contributed by atoms with Gasteiger partial charge in [-0.2, -0.15) is 0 Å². The molecule has 0 unspecified atom stereocenters. The number of Topliss-reactive ketones (excluding diaryl/α,β-unsaturated/α-hetero) is 4. The van der Waals surface area contributed by atoms with E-state index >= 15 is 14.4 Å². The maximum Gasteiger partial charge on any atom is 0.184 e. The highest BCUT2D eigenvalue weighted by atomic mass is 17.2. The van der Waals surface area contributed by atoms with Gasteiger partial charge in [0.05, 0.1) is 16.4 Å². The van der Waals surface area contributed by atoms with Gasteiger partial charge < -0.3 is 5.11 Å². The second-order valence-electron chi connectivity index (χ2n) is 16.1. The molecule has 6 rings (SSSR count). The van der Waals surface area contributed by atoms with Gasteiger partial charge in [-0.25, -0.2) is 9.78 Å². The Balaban J connectivity index is 1.81. The second-order valence-corrected chi connectivity index (χ2v) is 16.1. The summed E-state index contributed by atoms with van der Waals surface area (Å²) in [5.74, 6) is -3.18. The average Bonchev–Trinajstić information content (AvgIpc) is 3.16. The molecule has 6 atom stereocenters. The minimum absolute atomic E-state index is 0.124. The molecule has 1 heterocycles. The van der Waals surface area contributed by atoms with Crippen molar-refractivity contribution in [1.82, 2.24) is 0 Å². The van der Waals surface area contributed by atoms with Gasteiger partial charge in [0, 0.05) is 11.5 Å². The van der Waals surface area contributed by atoms with E-state index < -0.39 is 68.0 Å². The zero-order valence-electron chi connectivity index (χ0n) is 28.4. The Kier molecular flexibility index (Phi) is 8.16. The number of rotatable bonds is 8. The van der Waals surface area contributed by atoms with E-state index in [1.165, 1.54) is 5.57 Å². The lowest BCUT2D eigenvalue weighted by molar-refractivity contribution is -0.394. The first-order valence-electron chi connectivity index (χ1n) is 16.4. The van der Waals surface area contributed by atoms with E-state index in [0.717, 1.165) is 18.4 Å². The molecule has 5 fully saturated rings. The molecule has 5 aliphatic rings. The highest BCUT2D eigenvalue weighted by Gasteiger charge is 2.85. The molecule has 7 heteroatoms. The van der Waals surface area contributed by atoms with Gasteiger partial charge in [0.15, 0.2) is 28.5 Å². The number of benzene rings is 1. The van der Waals surface area contributed by atoms with Crippen LogP contribution in [-0.2, 0) is 24.2 Å². The monoisotopic (exact) mass is 618 g/mol. The fourth-order valence-electron chi connectivity index (χ4n) is 9.11. The van der Waals surface area contributed by atoms with Crippen molar-refractivity contribution in [3.63, 3.8) is 0 Å². The van der Waals surface area contributed by atoms with Crippen LogP contribution in [0.5, 0.6) is 0 Å². The minimum Gasteiger partial charge on any atom is -0.388 e. The minimum atomic E-state index is -2.09. The lowest BCUT2D eigenvalue weighted by atomic mass is 9.36. The zero-order valence-corrected chi connectivity index (χ0v) is 28.4. The molecule has 4 bridgehead atoms. The number of hydrogen-bond acceptors (Lipinski definition) is 7. The third-order valence-corrected chi connectivity index (χ3v) is 11.8. The van der Waals surface area contributed by atoms with Gasteiger partial charge in [-0.1, -0.05) is 67.5 Å². The second kappa shape index (κ2) is 10.9. The van der Waals surface area contributed by atoms with E-state index in [4.69, 9.17) is 9.78 Å². The fraction of sp³-hybridized carbons (Fsp3) is 0.632. The van der Waals surface area contributed by atoms with Crippen LogP contribution in [0.25, 0.3) is 0 Å². The fourth-order valence-corrected chi connectivity index (χ4v) is 9.11. The predicted molar refractivity (Wildman–Crippen MR) is 171 cm³/mol. The molecule has 1 aliphatic heterocycles. The van der Waals surface area contributed by atoms with Crippen LogP contribution < -0.4 is 0 Å². The number of ketones is 4. The lowest BCUT2D eigenvalue weighted by Crippen LogP contribution is -2.76. The van der Waals surface area contributed by atoms with Gasteiger partial charge in [-0.3, -0.25) is 19.2 Å². The normalized spacial score (nSPS) is 35.5. The van der Waals surface area contributed by atoms with E-state index in [0.29, 0.717) is 6.42 Å². The summed E-state index contributed by atoms with van der Waals surface area (Å²) in [4.78, 5) is 73.3. The van der Waals surface area contributed by atoms with Crippen LogP contribution in [0.1, 0.15) is 111 Å².